The first kappa shape index (κ1) is 25.0. The molecule has 11 heteroatoms. The van der Waals surface area contributed by atoms with E-state index in [2.05, 4.69) is 17.1 Å². The molecule has 0 radical (unpaired) electrons. The van der Waals surface area contributed by atoms with Crippen LogP contribution in [0, 0.1) is 0 Å². The Labute approximate surface area is 192 Å². The van der Waals surface area contributed by atoms with Crippen molar-refractivity contribution in [1.29, 1.82) is 0 Å². The lowest BCUT2D eigenvalue weighted by Gasteiger charge is -2.22. The fraction of sp³-hybridized carbons (Fsp3) is 0.238. The highest BCUT2D eigenvalue weighted by Crippen LogP contribution is 2.30. The van der Waals surface area contributed by atoms with Crippen molar-refractivity contribution in [2.45, 2.75) is 0 Å². The summed E-state index contributed by atoms with van der Waals surface area (Å²) >= 11 is 6.08. The van der Waals surface area contributed by atoms with E-state index in [1.54, 1.807) is 24.3 Å². The predicted molar refractivity (Wildman–Crippen MR) is 125 cm³/mol. The fourth-order valence-corrected chi connectivity index (χ4v) is 3.69. The lowest BCUT2D eigenvalue weighted by atomic mass is 10.2. The van der Waals surface area contributed by atoms with Crippen molar-refractivity contribution in [3.63, 3.8) is 0 Å². The van der Waals surface area contributed by atoms with Crippen LogP contribution in [0.2, 0.25) is 5.02 Å². The zero-order chi connectivity index (χ0) is 23.7. The minimum Gasteiger partial charge on any atom is -0.495 e. The summed E-state index contributed by atoms with van der Waals surface area (Å²) in [5.74, 6) is 0.767. The van der Waals surface area contributed by atoms with Gasteiger partial charge in [0.25, 0.3) is 5.91 Å². The Morgan fingerprint density at radius 3 is 2.44 bits per heavy atom. The van der Waals surface area contributed by atoms with Crippen molar-refractivity contribution >= 4 is 39.4 Å². The number of ether oxygens (including phenoxy) is 3. The maximum absolute atomic E-state index is 12.3. The van der Waals surface area contributed by atoms with Gasteiger partial charge in [-0.05, 0) is 42.0 Å². The van der Waals surface area contributed by atoms with Crippen molar-refractivity contribution in [2.24, 2.45) is 5.10 Å². The SMILES string of the molecule is C=CCOc1ccc(/C=N\NC(=O)CN(c2ccc(OC)c(Cl)c2)S(C)(=O)=O)cc1OC. The Kier molecular flexibility index (Phi) is 8.91. The van der Waals surface area contributed by atoms with Crippen LogP contribution < -0.4 is 23.9 Å². The van der Waals surface area contributed by atoms with E-state index < -0.39 is 22.5 Å². The van der Waals surface area contributed by atoms with E-state index in [9.17, 15) is 13.2 Å². The molecule has 0 saturated heterocycles. The van der Waals surface area contributed by atoms with Crippen molar-refractivity contribution in [2.75, 3.05) is 37.9 Å². The van der Waals surface area contributed by atoms with Crippen molar-refractivity contribution in [3.05, 3.63) is 59.6 Å². The van der Waals surface area contributed by atoms with Crippen LogP contribution in [0.25, 0.3) is 0 Å². The Morgan fingerprint density at radius 2 is 1.84 bits per heavy atom. The Bertz CT molecular complexity index is 1100. The van der Waals surface area contributed by atoms with Crippen LogP contribution >= 0.6 is 11.6 Å². The Balaban J connectivity index is 2.10. The van der Waals surface area contributed by atoms with E-state index in [-0.39, 0.29) is 10.7 Å². The number of nitrogens with one attached hydrogen (secondary N) is 1. The van der Waals surface area contributed by atoms with E-state index in [0.29, 0.717) is 29.4 Å². The zero-order valence-corrected chi connectivity index (χ0v) is 19.4. The molecule has 32 heavy (non-hydrogen) atoms. The highest BCUT2D eigenvalue weighted by Gasteiger charge is 2.21. The third kappa shape index (κ3) is 6.89. The summed E-state index contributed by atoms with van der Waals surface area (Å²) in [5, 5.41) is 4.09. The molecule has 0 aliphatic rings. The second kappa shape index (κ2) is 11.4. The number of hydrazone groups is 1. The third-order valence-corrected chi connectivity index (χ3v) is 5.49. The van der Waals surface area contributed by atoms with Crippen LogP contribution in [0.3, 0.4) is 0 Å². The highest BCUT2D eigenvalue weighted by molar-refractivity contribution is 7.92. The molecule has 0 aromatic heterocycles. The number of carbonyl (C=O) groups excluding carboxylic acids is 1. The van der Waals surface area contributed by atoms with E-state index in [0.717, 1.165) is 10.6 Å². The topological polar surface area (TPSA) is 107 Å². The summed E-state index contributed by atoms with van der Waals surface area (Å²) in [6, 6.07) is 9.51. The smallest absolute Gasteiger partial charge is 0.260 e. The van der Waals surface area contributed by atoms with Crippen LogP contribution in [0.1, 0.15) is 5.56 Å². The Morgan fingerprint density at radius 1 is 1.16 bits per heavy atom. The van der Waals surface area contributed by atoms with Gasteiger partial charge in [0, 0.05) is 0 Å². The first-order valence-corrected chi connectivity index (χ1v) is 11.5. The molecule has 0 spiro atoms. The van der Waals surface area contributed by atoms with Gasteiger partial charge in [-0.3, -0.25) is 9.10 Å². The summed E-state index contributed by atoms with van der Waals surface area (Å²) in [6.45, 7) is 3.43. The van der Waals surface area contributed by atoms with E-state index >= 15 is 0 Å². The average molecular weight is 482 g/mol. The lowest BCUT2D eigenvalue weighted by Crippen LogP contribution is -2.39. The van der Waals surface area contributed by atoms with Gasteiger partial charge < -0.3 is 14.2 Å². The number of benzene rings is 2. The number of anilines is 1. The molecule has 0 atom stereocenters. The molecule has 0 aliphatic heterocycles. The molecule has 172 valence electrons. The number of sulfonamides is 1. The van der Waals surface area contributed by atoms with Crippen LogP contribution in [0.5, 0.6) is 17.2 Å². The van der Waals surface area contributed by atoms with Crippen LogP contribution in [0.4, 0.5) is 5.69 Å². The van der Waals surface area contributed by atoms with Gasteiger partial charge in [0.1, 0.15) is 18.9 Å². The molecule has 1 amide bonds. The number of carbonyl (C=O) groups is 1. The van der Waals surface area contributed by atoms with Gasteiger partial charge >= 0.3 is 0 Å². The number of halogens is 1. The van der Waals surface area contributed by atoms with Gasteiger partial charge in [0.2, 0.25) is 10.0 Å². The quantitative estimate of drug-likeness (QED) is 0.300. The summed E-state index contributed by atoms with van der Waals surface area (Å²) < 4.78 is 41.1. The van der Waals surface area contributed by atoms with Gasteiger partial charge in [-0.2, -0.15) is 5.10 Å². The monoisotopic (exact) mass is 481 g/mol. The predicted octanol–water partition coefficient (Wildman–Crippen LogP) is 2.84. The van der Waals surface area contributed by atoms with Crippen LogP contribution in [0.15, 0.2) is 54.2 Å². The fourth-order valence-electron chi connectivity index (χ4n) is 2.59. The standard InChI is InChI=1S/C21H24ClN3O6S/c1-5-10-31-19-8-6-15(11-20(19)30-3)13-23-24-21(26)14-25(32(4,27)28)16-7-9-18(29-2)17(22)12-16/h5-9,11-13H,1,10,14H2,2-4H3,(H,24,26)/b23-13-. The van der Waals surface area contributed by atoms with Gasteiger partial charge in [0.15, 0.2) is 11.5 Å². The molecule has 0 unspecified atom stereocenters. The van der Waals surface area contributed by atoms with Gasteiger partial charge in [-0.15, -0.1) is 0 Å². The van der Waals surface area contributed by atoms with E-state index in [4.69, 9.17) is 25.8 Å². The highest BCUT2D eigenvalue weighted by atomic mass is 35.5. The molecule has 1 N–H and O–H groups in total. The second-order valence-corrected chi connectivity index (χ2v) is 8.71. The molecular weight excluding hydrogens is 458 g/mol. The minimum atomic E-state index is -3.76. The summed E-state index contributed by atoms with van der Waals surface area (Å²) in [7, 11) is -0.818. The largest absolute Gasteiger partial charge is 0.495 e. The molecule has 2 aromatic carbocycles. The molecular formula is C21H24ClN3O6S. The molecule has 0 fully saturated rings. The number of rotatable bonds is 11. The number of nitrogens with zero attached hydrogens (tertiary/aromatic N) is 2. The van der Waals surface area contributed by atoms with Crippen molar-refractivity contribution < 1.29 is 27.4 Å². The van der Waals surface area contributed by atoms with Gasteiger partial charge in [0.05, 0.1) is 37.4 Å². The van der Waals surface area contributed by atoms with Crippen molar-refractivity contribution in [3.8, 4) is 17.2 Å². The maximum atomic E-state index is 12.3. The first-order chi connectivity index (χ1) is 15.2. The number of methoxy groups -OCH3 is 2. The van der Waals surface area contributed by atoms with Gasteiger partial charge in [-0.1, -0.05) is 24.3 Å². The molecule has 0 aliphatic carbocycles. The van der Waals surface area contributed by atoms with E-state index in [1.165, 1.54) is 38.6 Å². The van der Waals surface area contributed by atoms with Gasteiger partial charge in [-0.25, -0.2) is 13.8 Å². The summed E-state index contributed by atoms with van der Waals surface area (Å²) in [6.07, 6.45) is 4.00. The normalized spacial score (nSPS) is 11.1. The summed E-state index contributed by atoms with van der Waals surface area (Å²) in [5.41, 5.74) is 3.16. The zero-order valence-electron chi connectivity index (χ0n) is 17.9. The average Bonchev–Trinajstić information content (AvgIpc) is 2.75. The van der Waals surface area contributed by atoms with E-state index in [1.807, 2.05) is 0 Å². The second-order valence-electron chi connectivity index (χ2n) is 6.39. The molecule has 0 saturated carbocycles. The first-order valence-electron chi connectivity index (χ1n) is 9.24. The third-order valence-electron chi connectivity index (χ3n) is 4.06. The minimum absolute atomic E-state index is 0.214. The number of hydrogen-bond donors (Lipinski definition) is 1. The molecule has 0 heterocycles. The Hall–Kier alpha value is -3.24. The molecule has 2 rings (SSSR count). The molecule has 2 aromatic rings. The lowest BCUT2D eigenvalue weighted by molar-refractivity contribution is -0.119. The van der Waals surface area contributed by atoms with Crippen molar-refractivity contribution in [1.82, 2.24) is 5.43 Å². The maximum Gasteiger partial charge on any atom is 0.260 e. The molecule has 9 nitrogen and oxygen atoms in total. The number of amides is 1. The summed E-state index contributed by atoms with van der Waals surface area (Å²) in [4.78, 5) is 12.3. The van der Waals surface area contributed by atoms with Crippen LogP contribution in [-0.2, 0) is 14.8 Å². The number of hydrogen-bond acceptors (Lipinski definition) is 7. The van der Waals surface area contributed by atoms with Crippen LogP contribution in [-0.4, -0.2) is 54.2 Å². The molecule has 0 bridgehead atoms.